The quantitative estimate of drug-likeness (QED) is 0.654. The molecular weight excluding hydrogens is 377 g/mol. The maximum Gasteiger partial charge on any atom is 0.416 e. The average Bonchev–Trinajstić information content (AvgIpc) is 3.45. The molecule has 152 valence electrons. The van der Waals surface area contributed by atoms with Gasteiger partial charge in [-0.2, -0.15) is 18.4 Å². The molecule has 2 aromatic carbocycles. The summed E-state index contributed by atoms with van der Waals surface area (Å²) in [4.78, 5) is 2.26. The Labute approximate surface area is 168 Å². The summed E-state index contributed by atoms with van der Waals surface area (Å²) in [5, 5.41) is 9.03. The van der Waals surface area contributed by atoms with Crippen molar-refractivity contribution in [3.63, 3.8) is 0 Å². The number of benzene rings is 2. The van der Waals surface area contributed by atoms with Crippen LogP contribution in [0.5, 0.6) is 0 Å². The minimum Gasteiger partial charge on any atom is -0.379 e. The lowest BCUT2D eigenvalue weighted by Crippen LogP contribution is -2.33. The first-order valence-electron chi connectivity index (χ1n) is 9.96. The van der Waals surface area contributed by atoms with Gasteiger partial charge in [-0.1, -0.05) is 12.1 Å². The highest BCUT2D eigenvalue weighted by atomic mass is 19.4. The van der Waals surface area contributed by atoms with E-state index in [0.29, 0.717) is 24.6 Å². The van der Waals surface area contributed by atoms with Crippen LogP contribution < -0.4 is 4.90 Å². The zero-order valence-electron chi connectivity index (χ0n) is 16.0. The first-order chi connectivity index (χ1) is 13.9. The summed E-state index contributed by atoms with van der Waals surface area (Å²) < 4.78 is 44.5. The SMILES string of the molecule is N#Cc1ccc(N2CC(c3ccc(C(F)(F)F)cc3)C[C@H]2COCC2CC2)cc1. The highest BCUT2D eigenvalue weighted by Crippen LogP contribution is 2.37. The molecule has 1 saturated carbocycles. The van der Waals surface area contributed by atoms with Crippen LogP contribution in [-0.2, 0) is 10.9 Å². The average molecular weight is 400 g/mol. The van der Waals surface area contributed by atoms with E-state index in [4.69, 9.17) is 10.00 Å². The van der Waals surface area contributed by atoms with Gasteiger partial charge >= 0.3 is 6.18 Å². The normalized spacial score (nSPS) is 21.9. The number of anilines is 1. The summed E-state index contributed by atoms with van der Waals surface area (Å²) in [6.45, 7) is 2.10. The summed E-state index contributed by atoms with van der Waals surface area (Å²) in [5.41, 5.74) is 1.92. The van der Waals surface area contributed by atoms with E-state index < -0.39 is 11.7 Å². The van der Waals surface area contributed by atoms with E-state index in [2.05, 4.69) is 11.0 Å². The van der Waals surface area contributed by atoms with Crippen molar-refractivity contribution in [3.05, 3.63) is 65.2 Å². The molecule has 0 amide bonds. The van der Waals surface area contributed by atoms with Crippen LogP contribution in [0.2, 0.25) is 0 Å². The number of hydrogen-bond acceptors (Lipinski definition) is 3. The van der Waals surface area contributed by atoms with Crippen LogP contribution >= 0.6 is 0 Å². The molecule has 2 aromatic rings. The molecule has 1 heterocycles. The van der Waals surface area contributed by atoms with Crippen LogP contribution in [-0.4, -0.2) is 25.8 Å². The van der Waals surface area contributed by atoms with E-state index >= 15 is 0 Å². The Bertz CT molecular complexity index is 867. The van der Waals surface area contributed by atoms with Gasteiger partial charge in [0, 0.05) is 24.8 Å². The Hall–Kier alpha value is -2.52. The van der Waals surface area contributed by atoms with Gasteiger partial charge in [0.25, 0.3) is 0 Å². The Morgan fingerprint density at radius 3 is 2.28 bits per heavy atom. The van der Waals surface area contributed by atoms with Crippen molar-refractivity contribution in [1.82, 2.24) is 0 Å². The second-order valence-corrected chi connectivity index (χ2v) is 8.00. The molecule has 29 heavy (non-hydrogen) atoms. The standard InChI is InChI=1S/C23H23F3N2O/c24-23(25,26)20-7-5-18(6-8-20)19-11-22(15-29-14-17-1-2-17)28(13-19)21-9-3-16(12-27)4-10-21/h3-10,17,19,22H,1-2,11,13-15H2/t19?,22-/m0/s1. The summed E-state index contributed by atoms with van der Waals surface area (Å²) in [6, 6.07) is 15.3. The third-order valence-electron chi connectivity index (χ3n) is 5.81. The molecule has 0 aromatic heterocycles. The van der Waals surface area contributed by atoms with Crippen LogP contribution in [0.1, 0.15) is 41.9 Å². The van der Waals surface area contributed by atoms with Gasteiger partial charge in [-0.25, -0.2) is 0 Å². The Morgan fingerprint density at radius 1 is 1.00 bits per heavy atom. The molecule has 1 aliphatic heterocycles. The molecule has 1 unspecified atom stereocenters. The lowest BCUT2D eigenvalue weighted by atomic mass is 9.95. The van der Waals surface area contributed by atoms with E-state index in [1.165, 1.54) is 12.8 Å². The smallest absolute Gasteiger partial charge is 0.379 e. The van der Waals surface area contributed by atoms with E-state index in [9.17, 15) is 13.2 Å². The molecule has 2 fully saturated rings. The maximum absolute atomic E-state index is 12.9. The van der Waals surface area contributed by atoms with Crippen molar-refractivity contribution in [2.24, 2.45) is 5.92 Å². The lowest BCUT2D eigenvalue weighted by Gasteiger charge is -2.26. The number of alkyl halides is 3. The van der Waals surface area contributed by atoms with E-state index in [0.717, 1.165) is 36.4 Å². The first-order valence-corrected chi connectivity index (χ1v) is 9.96. The van der Waals surface area contributed by atoms with E-state index in [-0.39, 0.29) is 12.0 Å². The van der Waals surface area contributed by atoms with E-state index in [1.54, 1.807) is 24.3 Å². The molecule has 0 radical (unpaired) electrons. The van der Waals surface area contributed by atoms with Crippen molar-refractivity contribution >= 4 is 5.69 Å². The minimum absolute atomic E-state index is 0.141. The summed E-state index contributed by atoms with van der Waals surface area (Å²) in [7, 11) is 0. The largest absolute Gasteiger partial charge is 0.416 e. The van der Waals surface area contributed by atoms with Gasteiger partial charge in [0.15, 0.2) is 0 Å². The third kappa shape index (κ3) is 4.73. The number of nitriles is 1. The number of halogens is 3. The van der Waals surface area contributed by atoms with Crippen LogP contribution in [0.3, 0.4) is 0 Å². The van der Waals surface area contributed by atoms with Crippen molar-refractivity contribution in [3.8, 4) is 6.07 Å². The second-order valence-electron chi connectivity index (χ2n) is 8.00. The molecule has 0 spiro atoms. The molecule has 1 aliphatic carbocycles. The monoisotopic (exact) mass is 400 g/mol. The minimum atomic E-state index is -4.32. The fraction of sp³-hybridized carbons (Fsp3) is 0.435. The van der Waals surface area contributed by atoms with Crippen LogP contribution in [0, 0.1) is 17.2 Å². The van der Waals surface area contributed by atoms with Gasteiger partial charge in [-0.3, -0.25) is 0 Å². The first kappa shape index (κ1) is 19.8. The van der Waals surface area contributed by atoms with Gasteiger partial charge in [-0.05, 0) is 67.1 Å². The predicted octanol–water partition coefficient (Wildman–Crippen LogP) is 5.37. The van der Waals surface area contributed by atoms with Crippen molar-refractivity contribution in [1.29, 1.82) is 5.26 Å². The summed E-state index contributed by atoms with van der Waals surface area (Å²) >= 11 is 0. The van der Waals surface area contributed by atoms with E-state index in [1.807, 2.05) is 12.1 Å². The van der Waals surface area contributed by atoms with Gasteiger partial charge in [0.1, 0.15) is 0 Å². The van der Waals surface area contributed by atoms with Crippen LogP contribution in [0.25, 0.3) is 0 Å². The molecule has 4 rings (SSSR count). The van der Waals surface area contributed by atoms with Gasteiger partial charge < -0.3 is 9.64 Å². The highest BCUT2D eigenvalue weighted by Gasteiger charge is 2.35. The fourth-order valence-electron chi connectivity index (χ4n) is 3.96. The highest BCUT2D eigenvalue weighted by molar-refractivity contribution is 5.52. The molecule has 6 heteroatoms. The second kappa shape index (κ2) is 8.08. The molecule has 3 nitrogen and oxygen atoms in total. The number of rotatable bonds is 6. The van der Waals surface area contributed by atoms with Crippen molar-refractivity contribution in [2.45, 2.75) is 37.4 Å². The Kier molecular flexibility index (Phi) is 5.51. The molecule has 2 atom stereocenters. The number of nitrogens with zero attached hydrogens (tertiary/aromatic N) is 2. The van der Waals surface area contributed by atoms with Gasteiger partial charge in [0.05, 0.1) is 29.8 Å². The molecule has 0 N–H and O–H groups in total. The number of hydrogen-bond donors (Lipinski definition) is 0. The van der Waals surface area contributed by atoms with Crippen LogP contribution in [0.15, 0.2) is 48.5 Å². The Balaban J connectivity index is 1.50. The lowest BCUT2D eigenvalue weighted by molar-refractivity contribution is -0.137. The zero-order valence-corrected chi connectivity index (χ0v) is 16.0. The van der Waals surface area contributed by atoms with Crippen molar-refractivity contribution < 1.29 is 17.9 Å². The van der Waals surface area contributed by atoms with Crippen molar-refractivity contribution in [2.75, 3.05) is 24.7 Å². The Morgan fingerprint density at radius 2 is 1.69 bits per heavy atom. The molecule has 0 bridgehead atoms. The summed E-state index contributed by atoms with van der Waals surface area (Å²) in [6.07, 6.45) is -1.02. The van der Waals surface area contributed by atoms with Gasteiger partial charge in [0.2, 0.25) is 0 Å². The molecule has 1 saturated heterocycles. The zero-order chi connectivity index (χ0) is 20.4. The van der Waals surface area contributed by atoms with Crippen LogP contribution in [0.4, 0.5) is 18.9 Å². The third-order valence-corrected chi connectivity index (χ3v) is 5.81. The van der Waals surface area contributed by atoms with Gasteiger partial charge in [-0.15, -0.1) is 0 Å². The number of ether oxygens (including phenoxy) is 1. The predicted molar refractivity (Wildman–Crippen MR) is 105 cm³/mol. The molecule has 2 aliphatic rings. The summed E-state index contributed by atoms with van der Waals surface area (Å²) in [5.74, 6) is 0.827. The fourth-order valence-corrected chi connectivity index (χ4v) is 3.96. The topological polar surface area (TPSA) is 36.3 Å². The molecular formula is C23H23F3N2O. The maximum atomic E-state index is 12.9.